The Kier molecular flexibility index (Phi) is 4.09. The number of hydrogen-bond donors (Lipinski definition) is 2. The average molecular weight is 356 g/mol. The zero-order chi connectivity index (χ0) is 17.4. The minimum absolute atomic E-state index is 0.0107. The van der Waals surface area contributed by atoms with E-state index in [1.807, 2.05) is 48.5 Å². The summed E-state index contributed by atoms with van der Waals surface area (Å²) >= 11 is 6.21. The highest BCUT2D eigenvalue weighted by Crippen LogP contribution is 2.50. The van der Waals surface area contributed by atoms with E-state index in [4.69, 9.17) is 11.6 Å². The van der Waals surface area contributed by atoms with Crippen molar-refractivity contribution >= 4 is 34.9 Å². The third kappa shape index (κ3) is 3.20. The average Bonchev–Trinajstić information content (AvgIpc) is 3.30. The van der Waals surface area contributed by atoms with Crippen LogP contribution in [0.25, 0.3) is 0 Å². The van der Waals surface area contributed by atoms with Crippen LogP contribution in [-0.4, -0.2) is 25.0 Å². The molecule has 0 radical (unpaired) electrons. The van der Waals surface area contributed by atoms with Crippen LogP contribution in [0.15, 0.2) is 48.5 Å². The van der Waals surface area contributed by atoms with Crippen molar-refractivity contribution in [2.24, 2.45) is 5.92 Å². The van der Waals surface area contributed by atoms with Crippen LogP contribution in [0.5, 0.6) is 0 Å². The predicted molar refractivity (Wildman–Crippen MR) is 98.1 cm³/mol. The van der Waals surface area contributed by atoms with E-state index in [1.165, 1.54) is 0 Å². The number of amides is 3. The van der Waals surface area contributed by atoms with Gasteiger partial charge in [-0.15, -0.1) is 0 Å². The molecule has 2 aliphatic rings. The van der Waals surface area contributed by atoms with E-state index < -0.39 is 0 Å². The fraction of sp³-hybridized carbons (Fsp3) is 0.263. The largest absolute Gasteiger partial charge is 0.336 e. The van der Waals surface area contributed by atoms with E-state index in [2.05, 4.69) is 10.6 Å². The molecule has 2 aromatic rings. The summed E-state index contributed by atoms with van der Waals surface area (Å²) in [5.74, 6) is 0.168. The molecule has 1 saturated carbocycles. The van der Waals surface area contributed by atoms with Gasteiger partial charge in [-0.05, 0) is 48.2 Å². The number of carbonyl (C=O) groups is 2. The van der Waals surface area contributed by atoms with E-state index in [0.29, 0.717) is 13.1 Å². The molecule has 128 valence electrons. The zero-order valence-electron chi connectivity index (χ0n) is 13.5. The first kappa shape index (κ1) is 16.0. The Hall–Kier alpha value is -2.53. The molecule has 6 heteroatoms. The lowest BCUT2D eigenvalue weighted by Crippen LogP contribution is -2.27. The van der Waals surface area contributed by atoms with Crippen LogP contribution >= 0.6 is 11.6 Å². The molecule has 0 bridgehead atoms. The van der Waals surface area contributed by atoms with Crippen molar-refractivity contribution < 1.29 is 9.59 Å². The maximum atomic E-state index is 12.4. The van der Waals surface area contributed by atoms with Gasteiger partial charge >= 0.3 is 6.03 Å². The summed E-state index contributed by atoms with van der Waals surface area (Å²) in [6, 6.07) is 14.9. The van der Waals surface area contributed by atoms with Gasteiger partial charge in [0, 0.05) is 35.4 Å². The van der Waals surface area contributed by atoms with E-state index >= 15 is 0 Å². The van der Waals surface area contributed by atoms with Crippen molar-refractivity contribution in [1.29, 1.82) is 0 Å². The molecule has 2 aromatic carbocycles. The van der Waals surface area contributed by atoms with E-state index in [0.717, 1.165) is 28.4 Å². The molecule has 2 atom stereocenters. The van der Waals surface area contributed by atoms with Crippen LogP contribution in [0.4, 0.5) is 16.2 Å². The molecular weight excluding hydrogens is 338 g/mol. The normalized spacial score (nSPS) is 21.8. The number of nitrogens with one attached hydrogen (secondary N) is 2. The smallest absolute Gasteiger partial charge is 0.321 e. The van der Waals surface area contributed by atoms with Crippen LogP contribution < -0.4 is 15.5 Å². The molecule has 0 spiro atoms. The molecule has 1 aliphatic heterocycles. The van der Waals surface area contributed by atoms with Crippen molar-refractivity contribution in [3.05, 3.63) is 59.1 Å². The van der Waals surface area contributed by atoms with Gasteiger partial charge in [-0.1, -0.05) is 29.8 Å². The Labute approximate surface area is 151 Å². The van der Waals surface area contributed by atoms with Gasteiger partial charge in [0.25, 0.3) is 0 Å². The molecule has 3 amide bonds. The van der Waals surface area contributed by atoms with Crippen molar-refractivity contribution in [3.63, 3.8) is 0 Å². The van der Waals surface area contributed by atoms with Crippen LogP contribution in [0.2, 0.25) is 5.02 Å². The molecular formula is C19H18ClN3O2. The Morgan fingerprint density at radius 2 is 1.92 bits per heavy atom. The van der Waals surface area contributed by atoms with Crippen molar-refractivity contribution in [2.45, 2.75) is 12.3 Å². The number of halogens is 1. The molecule has 5 nitrogen and oxygen atoms in total. The number of rotatable bonds is 4. The number of carbonyl (C=O) groups excluding carboxylic acids is 2. The summed E-state index contributed by atoms with van der Waals surface area (Å²) in [7, 11) is 0. The highest BCUT2D eigenvalue weighted by molar-refractivity contribution is 6.31. The number of nitrogens with zero attached hydrogens (tertiary/aromatic N) is 1. The Balaban J connectivity index is 1.39. The first-order valence-electron chi connectivity index (χ1n) is 8.34. The van der Waals surface area contributed by atoms with Crippen molar-refractivity contribution in [1.82, 2.24) is 5.32 Å². The fourth-order valence-corrected chi connectivity index (χ4v) is 3.56. The van der Waals surface area contributed by atoms with Gasteiger partial charge in [0.05, 0.1) is 0 Å². The molecule has 2 unspecified atom stereocenters. The lowest BCUT2D eigenvalue weighted by atomic mass is 10.1. The molecule has 1 heterocycles. The lowest BCUT2D eigenvalue weighted by Gasteiger charge is -2.14. The van der Waals surface area contributed by atoms with Gasteiger partial charge in [0.15, 0.2) is 0 Å². The van der Waals surface area contributed by atoms with Crippen LogP contribution in [0, 0.1) is 5.92 Å². The molecule has 0 aromatic heterocycles. The molecule has 25 heavy (non-hydrogen) atoms. The molecule has 2 fully saturated rings. The van der Waals surface area contributed by atoms with E-state index in [1.54, 1.807) is 4.90 Å². The Morgan fingerprint density at radius 1 is 1.16 bits per heavy atom. The summed E-state index contributed by atoms with van der Waals surface area (Å²) in [4.78, 5) is 25.8. The highest BCUT2D eigenvalue weighted by atomic mass is 35.5. The topological polar surface area (TPSA) is 61.4 Å². The Bertz CT molecular complexity index is 822. The third-order valence-corrected chi connectivity index (χ3v) is 5.08. The summed E-state index contributed by atoms with van der Waals surface area (Å²) in [6.45, 7) is 1.31. The lowest BCUT2D eigenvalue weighted by molar-refractivity contribution is -0.117. The van der Waals surface area contributed by atoms with Gasteiger partial charge in [0.1, 0.15) is 0 Å². The van der Waals surface area contributed by atoms with E-state index in [-0.39, 0.29) is 23.8 Å². The second-order valence-corrected chi connectivity index (χ2v) is 6.80. The van der Waals surface area contributed by atoms with Crippen molar-refractivity contribution in [3.8, 4) is 0 Å². The zero-order valence-corrected chi connectivity index (χ0v) is 14.3. The molecule has 2 N–H and O–H groups in total. The SMILES string of the molecule is O=C(Nc1ccc(N2CCNC2=O)cc1)C1CC1c1ccccc1Cl. The predicted octanol–water partition coefficient (Wildman–Crippen LogP) is 3.61. The number of urea groups is 1. The second kappa shape index (κ2) is 6.41. The number of hydrogen-bond acceptors (Lipinski definition) is 2. The van der Waals surface area contributed by atoms with E-state index in [9.17, 15) is 9.59 Å². The first-order valence-corrected chi connectivity index (χ1v) is 8.72. The summed E-state index contributed by atoms with van der Waals surface area (Å²) < 4.78 is 0. The summed E-state index contributed by atoms with van der Waals surface area (Å²) in [6.07, 6.45) is 0.821. The van der Waals surface area contributed by atoms with Crippen LogP contribution in [0.1, 0.15) is 17.9 Å². The van der Waals surface area contributed by atoms with Crippen LogP contribution in [-0.2, 0) is 4.79 Å². The molecule has 1 aliphatic carbocycles. The number of benzene rings is 2. The maximum absolute atomic E-state index is 12.4. The monoisotopic (exact) mass is 355 g/mol. The molecule has 1 saturated heterocycles. The Morgan fingerprint density at radius 3 is 2.60 bits per heavy atom. The summed E-state index contributed by atoms with van der Waals surface area (Å²) in [5, 5.41) is 6.44. The minimum atomic E-state index is -0.0858. The second-order valence-electron chi connectivity index (χ2n) is 6.39. The fourth-order valence-electron chi connectivity index (χ4n) is 3.28. The third-order valence-electron chi connectivity index (χ3n) is 4.74. The molecule has 4 rings (SSSR count). The van der Waals surface area contributed by atoms with Gasteiger partial charge in [-0.25, -0.2) is 4.79 Å². The quantitative estimate of drug-likeness (QED) is 0.880. The van der Waals surface area contributed by atoms with Gasteiger partial charge < -0.3 is 10.6 Å². The first-order chi connectivity index (χ1) is 12.1. The van der Waals surface area contributed by atoms with Gasteiger partial charge in [-0.3, -0.25) is 9.69 Å². The standard InChI is InChI=1S/C19H18ClN3O2/c20-17-4-2-1-3-14(17)15-11-16(15)18(24)22-12-5-7-13(8-6-12)23-10-9-21-19(23)25/h1-8,15-16H,9-11H2,(H,21,25)(H,22,24). The van der Waals surface area contributed by atoms with Crippen molar-refractivity contribution in [2.75, 3.05) is 23.3 Å². The minimum Gasteiger partial charge on any atom is -0.336 e. The van der Waals surface area contributed by atoms with Gasteiger partial charge in [0.2, 0.25) is 5.91 Å². The highest BCUT2D eigenvalue weighted by Gasteiger charge is 2.44. The summed E-state index contributed by atoms with van der Waals surface area (Å²) in [5.41, 5.74) is 2.60. The van der Waals surface area contributed by atoms with Crippen LogP contribution in [0.3, 0.4) is 0 Å². The van der Waals surface area contributed by atoms with Gasteiger partial charge in [-0.2, -0.15) is 0 Å². The maximum Gasteiger partial charge on any atom is 0.321 e. The number of anilines is 2.